The lowest BCUT2D eigenvalue weighted by Crippen LogP contribution is -2.13. The van der Waals surface area contributed by atoms with Crippen molar-refractivity contribution >= 4 is 11.4 Å². The van der Waals surface area contributed by atoms with Crippen molar-refractivity contribution in [3.05, 3.63) is 54.1 Å². The first-order chi connectivity index (χ1) is 10.2. The first-order valence-electron chi connectivity index (χ1n) is 7.20. The van der Waals surface area contributed by atoms with E-state index in [1.807, 2.05) is 48.5 Å². The maximum atomic E-state index is 10.1. The van der Waals surface area contributed by atoms with Gasteiger partial charge in [-0.15, -0.1) is 0 Å². The SMILES string of the molecule is CCCOc1cccc(NCC(O)c2ccccc2)c1N. The molecule has 4 heteroatoms. The Morgan fingerprint density at radius 1 is 1.14 bits per heavy atom. The second-order valence-electron chi connectivity index (χ2n) is 4.87. The predicted molar refractivity (Wildman–Crippen MR) is 86.5 cm³/mol. The number of nitrogens with one attached hydrogen (secondary N) is 1. The van der Waals surface area contributed by atoms with E-state index in [1.54, 1.807) is 0 Å². The van der Waals surface area contributed by atoms with Crippen molar-refractivity contribution < 1.29 is 9.84 Å². The summed E-state index contributed by atoms with van der Waals surface area (Å²) < 4.78 is 5.59. The van der Waals surface area contributed by atoms with Gasteiger partial charge in [-0.3, -0.25) is 0 Å². The Morgan fingerprint density at radius 3 is 2.62 bits per heavy atom. The molecule has 4 N–H and O–H groups in total. The van der Waals surface area contributed by atoms with Crippen molar-refractivity contribution in [3.8, 4) is 5.75 Å². The summed E-state index contributed by atoms with van der Waals surface area (Å²) >= 11 is 0. The monoisotopic (exact) mass is 286 g/mol. The third-order valence-electron chi connectivity index (χ3n) is 3.20. The lowest BCUT2D eigenvalue weighted by atomic mass is 10.1. The van der Waals surface area contributed by atoms with Crippen LogP contribution in [0.2, 0.25) is 0 Å². The van der Waals surface area contributed by atoms with E-state index in [4.69, 9.17) is 10.5 Å². The number of benzene rings is 2. The van der Waals surface area contributed by atoms with Gasteiger partial charge < -0.3 is 20.9 Å². The molecular formula is C17H22N2O2. The van der Waals surface area contributed by atoms with E-state index in [2.05, 4.69) is 12.2 Å². The van der Waals surface area contributed by atoms with Gasteiger partial charge in [0.15, 0.2) is 0 Å². The molecule has 2 aromatic carbocycles. The number of hydrogen-bond acceptors (Lipinski definition) is 4. The van der Waals surface area contributed by atoms with Crippen LogP contribution in [0.1, 0.15) is 25.0 Å². The molecule has 0 fully saturated rings. The number of para-hydroxylation sites is 1. The highest BCUT2D eigenvalue weighted by atomic mass is 16.5. The third kappa shape index (κ3) is 4.13. The molecule has 0 aromatic heterocycles. The van der Waals surface area contributed by atoms with Gasteiger partial charge in [-0.2, -0.15) is 0 Å². The van der Waals surface area contributed by atoms with E-state index < -0.39 is 6.10 Å². The minimum atomic E-state index is -0.578. The van der Waals surface area contributed by atoms with Crippen molar-refractivity contribution in [2.75, 3.05) is 24.2 Å². The quantitative estimate of drug-likeness (QED) is 0.684. The summed E-state index contributed by atoms with van der Waals surface area (Å²) in [5, 5.41) is 13.3. The molecule has 0 aliphatic rings. The average molecular weight is 286 g/mol. The van der Waals surface area contributed by atoms with Crippen LogP contribution in [0.4, 0.5) is 11.4 Å². The molecule has 0 bridgehead atoms. The molecule has 0 aliphatic carbocycles. The van der Waals surface area contributed by atoms with Crippen LogP contribution < -0.4 is 15.8 Å². The summed E-state index contributed by atoms with van der Waals surface area (Å²) in [6, 6.07) is 15.2. The molecule has 0 spiro atoms. The highest BCUT2D eigenvalue weighted by Crippen LogP contribution is 2.29. The van der Waals surface area contributed by atoms with E-state index in [0.717, 1.165) is 17.7 Å². The standard InChI is InChI=1S/C17H22N2O2/c1-2-11-21-16-10-6-9-14(17(16)18)19-12-15(20)13-7-4-3-5-8-13/h3-10,15,19-20H,2,11-12,18H2,1H3. The van der Waals surface area contributed by atoms with Gasteiger partial charge in [0.2, 0.25) is 0 Å². The van der Waals surface area contributed by atoms with Gasteiger partial charge in [-0.25, -0.2) is 0 Å². The van der Waals surface area contributed by atoms with E-state index in [9.17, 15) is 5.11 Å². The first-order valence-corrected chi connectivity index (χ1v) is 7.20. The van der Waals surface area contributed by atoms with Crippen LogP contribution in [0.5, 0.6) is 5.75 Å². The van der Waals surface area contributed by atoms with E-state index in [1.165, 1.54) is 0 Å². The van der Waals surface area contributed by atoms with Crippen LogP contribution in [0, 0.1) is 0 Å². The van der Waals surface area contributed by atoms with Gasteiger partial charge in [0.1, 0.15) is 5.75 Å². The van der Waals surface area contributed by atoms with Gasteiger partial charge >= 0.3 is 0 Å². The molecule has 4 nitrogen and oxygen atoms in total. The minimum absolute atomic E-state index is 0.394. The van der Waals surface area contributed by atoms with Crippen molar-refractivity contribution in [3.63, 3.8) is 0 Å². The molecule has 1 unspecified atom stereocenters. The van der Waals surface area contributed by atoms with Crippen molar-refractivity contribution in [2.24, 2.45) is 0 Å². The van der Waals surface area contributed by atoms with E-state index in [-0.39, 0.29) is 0 Å². The fourth-order valence-corrected chi connectivity index (χ4v) is 2.04. The summed E-state index contributed by atoms with van der Waals surface area (Å²) in [7, 11) is 0. The Morgan fingerprint density at radius 2 is 1.90 bits per heavy atom. The van der Waals surface area contributed by atoms with Gasteiger partial charge in [-0.1, -0.05) is 43.3 Å². The number of ether oxygens (including phenoxy) is 1. The van der Waals surface area contributed by atoms with Crippen molar-refractivity contribution in [1.82, 2.24) is 0 Å². The summed E-state index contributed by atoms with van der Waals surface area (Å²) in [6.45, 7) is 3.08. The summed E-state index contributed by atoms with van der Waals surface area (Å²) in [5.41, 5.74) is 8.31. The average Bonchev–Trinajstić information content (AvgIpc) is 2.53. The Bertz CT molecular complexity index is 558. The zero-order valence-electron chi connectivity index (χ0n) is 12.3. The maximum Gasteiger partial charge on any atom is 0.144 e. The van der Waals surface area contributed by atoms with Gasteiger partial charge in [0.05, 0.1) is 24.1 Å². The van der Waals surface area contributed by atoms with Gasteiger partial charge in [-0.05, 0) is 24.1 Å². The van der Waals surface area contributed by atoms with E-state index >= 15 is 0 Å². The van der Waals surface area contributed by atoms with Crippen molar-refractivity contribution in [2.45, 2.75) is 19.4 Å². The lowest BCUT2D eigenvalue weighted by molar-refractivity contribution is 0.191. The molecule has 1 atom stereocenters. The minimum Gasteiger partial charge on any atom is -0.491 e. The molecule has 0 radical (unpaired) electrons. The number of nitrogen functional groups attached to an aromatic ring is 1. The molecule has 2 rings (SSSR count). The van der Waals surface area contributed by atoms with Crippen LogP contribution in [0.15, 0.2) is 48.5 Å². The summed E-state index contributed by atoms with van der Waals surface area (Å²) in [5.74, 6) is 0.677. The molecule has 0 heterocycles. The molecule has 0 amide bonds. The topological polar surface area (TPSA) is 67.5 Å². The predicted octanol–water partition coefficient (Wildman–Crippen LogP) is 3.20. The van der Waals surface area contributed by atoms with Crippen LogP contribution in [0.25, 0.3) is 0 Å². The molecule has 2 aromatic rings. The molecular weight excluding hydrogens is 264 g/mol. The van der Waals surface area contributed by atoms with Crippen LogP contribution in [0.3, 0.4) is 0 Å². The number of aliphatic hydroxyl groups is 1. The lowest BCUT2D eigenvalue weighted by Gasteiger charge is -2.16. The second kappa shape index (κ2) is 7.55. The first kappa shape index (κ1) is 15.2. The third-order valence-corrected chi connectivity index (χ3v) is 3.20. The highest BCUT2D eigenvalue weighted by molar-refractivity contribution is 5.72. The fourth-order valence-electron chi connectivity index (χ4n) is 2.04. The highest BCUT2D eigenvalue weighted by Gasteiger charge is 2.09. The number of anilines is 2. The Kier molecular flexibility index (Phi) is 5.46. The largest absolute Gasteiger partial charge is 0.491 e. The zero-order valence-corrected chi connectivity index (χ0v) is 12.3. The van der Waals surface area contributed by atoms with Crippen LogP contribution in [-0.2, 0) is 0 Å². The Hall–Kier alpha value is -2.20. The zero-order chi connectivity index (χ0) is 15.1. The Labute approximate surface area is 125 Å². The number of nitrogens with two attached hydrogens (primary N) is 1. The summed E-state index contributed by atoms with van der Waals surface area (Å²) in [4.78, 5) is 0. The maximum absolute atomic E-state index is 10.1. The normalized spacial score (nSPS) is 11.9. The molecule has 0 aliphatic heterocycles. The smallest absolute Gasteiger partial charge is 0.144 e. The Balaban J connectivity index is 2.00. The van der Waals surface area contributed by atoms with E-state index in [0.29, 0.717) is 24.6 Å². The van der Waals surface area contributed by atoms with Gasteiger partial charge in [0.25, 0.3) is 0 Å². The second-order valence-corrected chi connectivity index (χ2v) is 4.87. The fraction of sp³-hybridized carbons (Fsp3) is 0.294. The van der Waals surface area contributed by atoms with Crippen LogP contribution in [-0.4, -0.2) is 18.3 Å². The molecule has 0 saturated carbocycles. The number of rotatable bonds is 7. The molecule has 0 saturated heterocycles. The molecule has 21 heavy (non-hydrogen) atoms. The van der Waals surface area contributed by atoms with Crippen molar-refractivity contribution in [1.29, 1.82) is 0 Å². The summed E-state index contributed by atoms with van der Waals surface area (Å²) in [6.07, 6.45) is 0.356. The van der Waals surface area contributed by atoms with Crippen LogP contribution >= 0.6 is 0 Å². The molecule has 112 valence electrons. The van der Waals surface area contributed by atoms with Gasteiger partial charge in [0, 0.05) is 6.54 Å². The number of hydrogen-bond donors (Lipinski definition) is 3. The number of aliphatic hydroxyl groups excluding tert-OH is 1.